The predicted molar refractivity (Wildman–Crippen MR) is 79.0 cm³/mol. The maximum absolute atomic E-state index is 5.86. The van der Waals surface area contributed by atoms with Gasteiger partial charge in [-0.15, -0.1) is 10.2 Å². The molecule has 6 nitrogen and oxygen atoms in total. The summed E-state index contributed by atoms with van der Waals surface area (Å²) in [4.78, 5) is 0. The Balaban J connectivity index is 1.75. The number of fused-ring (bicyclic) bond motifs is 1. The number of para-hydroxylation sites is 1. The average molecular weight is 286 g/mol. The highest BCUT2D eigenvalue weighted by Crippen LogP contribution is 2.28. The van der Waals surface area contributed by atoms with E-state index in [0.29, 0.717) is 6.54 Å². The molecule has 110 valence electrons. The van der Waals surface area contributed by atoms with E-state index in [9.17, 15) is 0 Å². The van der Waals surface area contributed by atoms with Gasteiger partial charge in [0.15, 0.2) is 11.3 Å². The molecule has 1 atom stereocenters. The van der Waals surface area contributed by atoms with Gasteiger partial charge in [-0.05, 0) is 19.1 Å². The van der Waals surface area contributed by atoms with E-state index in [1.807, 2.05) is 42.8 Å². The normalized spacial score (nSPS) is 12.7. The van der Waals surface area contributed by atoms with Crippen molar-refractivity contribution in [1.82, 2.24) is 20.1 Å². The Morgan fingerprint density at radius 2 is 2.29 bits per heavy atom. The third-order valence-corrected chi connectivity index (χ3v) is 3.50. The highest BCUT2D eigenvalue weighted by molar-refractivity contribution is 5.83. The maximum Gasteiger partial charge on any atom is 0.176 e. The summed E-state index contributed by atoms with van der Waals surface area (Å²) in [7, 11) is 3.57. The topological polar surface area (TPSA) is 65.1 Å². The van der Waals surface area contributed by atoms with Gasteiger partial charge >= 0.3 is 0 Å². The zero-order chi connectivity index (χ0) is 14.8. The van der Waals surface area contributed by atoms with Crippen LogP contribution in [-0.2, 0) is 13.6 Å². The van der Waals surface area contributed by atoms with Crippen LogP contribution in [-0.4, -0.2) is 21.9 Å². The molecule has 1 unspecified atom stereocenters. The van der Waals surface area contributed by atoms with E-state index in [4.69, 9.17) is 9.15 Å². The van der Waals surface area contributed by atoms with E-state index in [0.717, 1.165) is 28.3 Å². The van der Waals surface area contributed by atoms with Gasteiger partial charge in [-0.2, -0.15) is 0 Å². The Labute approximate surface area is 122 Å². The zero-order valence-electron chi connectivity index (χ0n) is 12.3. The molecule has 0 aliphatic heterocycles. The number of benzene rings is 1. The van der Waals surface area contributed by atoms with Crippen molar-refractivity contribution in [2.24, 2.45) is 7.05 Å². The molecule has 6 heteroatoms. The number of hydrogen-bond acceptors (Lipinski definition) is 5. The number of hydrogen-bond donors (Lipinski definition) is 1. The number of ether oxygens (including phenoxy) is 1. The lowest BCUT2D eigenvalue weighted by atomic mass is 10.2. The van der Waals surface area contributed by atoms with Gasteiger partial charge in [0.25, 0.3) is 0 Å². The van der Waals surface area contributed by atoms with Gasteiger partial charge < -0.3 is 19.0 Å². The van der Waals surface area contributed by atoms with Crippen molar-refractivity contribution in [3.63, 3.8) is 0 Å². The minimum Gasteiger partial charge on any atom is -0.493 e. The molecule has 0 aliphatic carbocycles. The van der Waals surface area contributed by atoms with Crippen LogP contribution in [0.25, 0.3) is 11.0 Å². The summed E-state index contributed by atoms with van der Waals surface area (Å²) < 4.78 is 13.1. The molecule has 0 saturated heterocycles. The molecular weight excluding hydrogens is 268 g/mol. The molecule has 0 aliphatic rings. The summed E-state index contributed by atoms with van der Waals surface area (Å²) in [6.07, 6.45) is 1.69. The largest absolute Gasteiger partial charge is 0.493 e. The molecule has 21 heavy (non-hydrogen) atoms. The molecule has 0 amide bonds. The second kappa shape index (κ2) is 5.57. The predicted octanol–water partition coefficient (Wildman–Crippen LogP) is 2.42. The Morgan fingerprint density at radius 1 is 1.43 bits per heavy atom. The van der Waals surface area contributed by atoms with Crippen LogP contribution in [0.2, 0.25) is 0 Å². The molecule has 0 spiro atoms. The summed E-state index contributed by atoms with van der Waals surface area (Å²) in [6.45, 7) is 2.67. The van der Waals surface area contributed by atoms with Gasteiger partial charge in [0.1, 0.15) is 17.9 Å². The molecule has 2 heterocycles. The lowest BCUT2D eigenvalue weighted by Crippen LogP contribution is -2.20. The molecule has 3 aromatic rings. The van der Waals surface area contributed by atoms with Crippen molar-refractivity contribution in [2.45, 2.75) is 19.5 Å². The molecule has 0 saturated carbocycles. The summed E-state index contributed by atoms with van der Waals surface area (Å²) in [5.74, 6) is 2.51. The monoisotopic (exact) mass is 286 g/mol. The SMILES string of the molecule is COc1cccc2cc(CNC(C)c3nncn3C)oc12. The minimum atomic E-state index is 0.0904. The van der Waals surface area contributed by atoms with Crippen molar-refractivity contribution in [3.05, 3.63) is 42.2 Å². The average Bonchev–Trinajstić information content (AvgIpc) is 3.09. The van der Waals surface area contributed by atoms with Crippen LogP contribution in [0.15, 0.2) is 35.0 Å². The van der Waals surface area contributed by atoms with Gasteiger partial charge in [0.05, 0.1) is 19.7 Å². The Bertz CT molecular complexity index is 747. The molecule has 1 N–H and O–H groups in total. The van der Waals surface area contributed by atoms with Crippen molar-refractivity contribution < 1.29 is 9.15 Å². The van der Waals surface area contributed by atoms with Gasteiger partial charge in [-0.25, -0.2) is 0 Å². The fraction of sp³-hybridized carbons (Fsp3) is 0.333. The first-order chi connectivity index (χ1) is 10.2. The van der Waals surface area contributed by atoms with Gasteiger partial charge in [-0.1, -0.05) is 12.1 Å². The first-order valence-electron chi connectivity index (χ1n) is 6.81. The highest BCUT2D eigenvalue weighted by Gasteiger charge is 2.13. The van der Waals surface area contributed by atoms with Crippen LogP contribution in [0.3, 0.4) is 0 Å². The van der Waals surface area contributed by atoms with Crippen LogP contribution >= 0.6 is 0 Å². The first-order valence-corrected chi connectivity index (χ1v) is 6.81. The van der Waals surface area contributed by atoms with Gasteiger partial charge in [0, 0.05) is 12.4 Å². The molecule has 0 radical (unpaired) electrons. The van der Waals surface area contributed by atoms with E-state index < -0.39 is 0 Å². The minimum absolute atomic E-state index is 0.0904. The maximum atomic E-state index is 5.86. The Hall–Kier alpha value is -2.34. The third-order valence-electron chi connectivity index (χ3n) is 3.50. The molecule has 0 fully saturated rings. The quantitative estimate of drug-likeness (QED) is 0.780. The summed E-state index contributed by atoms with van der Waals surface area (Å²) in [5.41, 5.74) is 0.781. The van der Waals surface area contributed by atoms with E-state index in [1.165, 1.54) is 0 Å². The number of aryl methyl sites for hydroxylation is 1. The highest BCUT2D eigenvalue weighted by atomic mass is 16.5. The standard InChI is InChI=1S/C15H18N4O2/c1-10(15-18-17-9-19(15)2)16-8-12-7-11-5-4-6-13(20-3)14(11)21-12/h4-7,9-10,16H,8H2,1-3H3. The van der Waals surface area contributed by atoms with Crippen molar-refractivity contribution in [1.29, 1.82) is 0 Å². The van der Waals surface area contributed by atoms with E-state index >= 15 is 0 Å². The van der Waals surface area contributed by atoms with Crippen LogP contribution in [0.1, 0.15) is 24.6 Å². The van der Waals surface area contributed by atoms with Crippen LogP contribution in [0.4, 0.5) is 0 Å². The molecule has 2 aromatic heterocycles. The van der Waals surface area contributed by atoms with E-state index in [2.05, 4.69) is 15.5 Å². The number of nitrogens with one attached hydrogen (secondary N) is 1. The lowest BCUT2D eigenvalue weighted by Gasteiger charge is -2.11. The summed E-state index contributed by atoms with van der Waals surface area (Å²) >= 11 is 0. The van der Waals surface area contributed by atoms with E-state index in [-0.39, 0.29) is 6.04 Å². The molecule has 1 aromatic carbocycles. The smallest absolute Gasteiger partial charge is 0.176 e. The Morgan fingerprint density at radius 3 is 3.00 bits per heavy atom. The number of aromatic nitrogens is 3. The fourth-order valence-corrected chi connectivity index (χ4v) is 2.37. The van der Waals surface area contributed by atoms with Crippen LogP contribution in [0.5, 0.6) is 5.75 Å². The summed E-state index contributed by atoms with van der Waals surface area (Å²) in [6, 6.07) is 7.97. The zero-order valence-corrected chi connectivity index (χ0v) is 12.3. The lowest BCUT2D eigenvalue weighted by molar-refractivity contribution is 0.404. The van der Waals surface area contributed by atoms with Gasteiger partial charge in [-0.3, -0.25) is 0 Å². The molecule has 0 bridgehead atoms. The number of rotatable bonds is 5. The molecular formula is C15H18N4O2. The van der Waals surface area contributed by atoms with Crippen molar-refractivity contribution in [2.75, 3.05) is 7.11 Å². The number of nitrogens with zero attached hydrogens (tertiary/aromatic N) is 3. The van der Waals surface area contributed by atoms with Crippen molar-refractivity contribution >= 4 is 11.0 Å². The third kappa shape index (κ3) is 2.62. The van der Waals surface area contributed by atoms with Crippen LogP contribution < -0.4 is 10.1 Å². The molecule has 3 rings (SSSR count). The second-order valence-corrected chi connectivity index (χ2v) is 4.99. The number of methoxy groups -OCH3 is 1. The Kier molecular flexibility index (Phi) is 3.62. The summed E-state index contributed by atoms with van der Waals surface area (Å²) in [5, 5.41) is 12.4. The van der Waals surface area contributed by atoms with Gasteiger partial charge in [0.2, 0.25) is 0 Å². The number of furan rings is 1. The second-order valence-electron chi connectivity index (χ2n) is 4.99. The fourth-order valence-electron chi connectivity index (χ4n) is 2.37. The van der Waals surface area contributed by atoms with Crippen LogP contribution in [0, 0.1) is 0 Å². The van der Waals surface area contributed by atoms with E-state index in [1.54, 1.807) is 13.4 Å². The first kappa shape index (κ1) is 13.6. The van der Waals surface area contributed by atoms with Crippen molar-refractivity contribution in [3.8, 4) is 5.75 Å².